The van der Waals surface area contributed by atoms with E-state index in [1.165, 1.54) is 12.6 Å². The molecule has 0 saturated carbocycles. The van der Waals surface area contributed by atoms with E-state index in [-0.39, 0.29) is 0 Å². The van der Waals surface area contributed by atoms with Crippen LogP contribution in [0.3, 0.4) is 0 Å². The van der Waals surface area contributed by atoms with Gasteiger partial charge in [0, 0.05) is 18.0 Å². The van der Waals surface area contributed by atoms with E-state index in [9.17, 15) is 4.79 Å². The molecule has 0 spiro atoms. The third-order valence-corrected chi connectivity index (χ3v) is 3.86. The summed E-state index contributed by atoms with van der Waals surface area (Å²) in [7, 11) is 0. The van der Waals surface area contributed by atoms with E-state index in [0.29, 0.717) is 11.4 Å². The van der Waals surface area contributed by atoms with Crippen LogP contribution in [0.5, 0.6) is 11.6 Å². The van der Waals surface area contributed by atoms with Crippen molar-refractivity contribution in [2.45, 2.75) is 39.5 Å². The average Bonchev–Trinajstić information content (AvgIpc) is 2.54. The fraction of sp³-hybridized carbons (Fsp3) is 0.333. The number of primary amides is 1. The Morgan fingerprint density at radius 3 is 2.61 bits per heavy atom. The summed E-state index contributed by atoms with van der Waals surface area (Å²) in [5.41, 5.74) is 14.5. The second kappa shape index (κ2) is 7.63. The molecular weight excluding hydrogens is 290 g/mol. The van der Waals surface area contributed by atoms with Crippen molar-refractivity contribution in [2.24, 2.45) is 5.73 Å². The second-order valence-electron chi connectivity index (χ2n) is 5.57. The highest BCUT2D eigenvalue weighted by Crippen LogP contribution is 2.31. The minimum absolute atomic E-state index is 0.356. The molecule has 0 bridgehead atoms. The molecule has 122 valence electrons. The molecule has 0 saturated heterocycles. The highest BCUT2D eigenvalue weighted by molar-refractivity contribution is 5.92. The molecule has 2 aromatic rings. The molecule has 0 fully saturated rings. The van der Waals surface area contributed by atoms with Crippen molar-refractivity contribution in [3.05, 3.63) is 47.2 Å². The molecule has 0 aliphatic rings. The number of unbranched alkanes of at least 4 members (excludes halogenated alkanes) is 2. The number of rotatable bonds is 7. The first kappa shape index (κ1) is 16.8. The predicted molar refractivity (Wildman–Crippen MR) is 91.6 cm³/mol. The molecule has 1 aromatic heterocycles. The number of nitrogens with zero attached hydrogens (tertiary/aromatic N) is 1. The van der Waals surface area contributed by atoms with Gasteiger partial charge < -0.3 is 16.2 Å². The van der Waals surface area contributed by atoms with E-state index in [0.717, 1.165) is 41.8 Å². The molecular formula is C18H23N3O2. The number of hydrogen-bond donors (Lipinski definition) is 2. The van der Waals surface area contributed by atoms with E-state index in [1.807, 2.05) is 19.1 Å². The van der Waals surface area contributed by atoms with Crippen LogP contribution in [0, 0.1) is 6.92 Å². The van der Waals surface area contributed by atoms with Crippen LogP contribution in [-0.4, -0.2) is 10.9 Å². The molecule has 1 heterocycles. The zero-order chi connectivity index (χ0) is 16.8. The monoisotopic (exact) mass is 313 g/mol. The largest absolute Gasteiger partial charge is 0.439 e. The first-order valence-corrected chi connectivity index (χ1v) is 7.84. The van der Waals surface area contributed by atoms with Crippen LogP contribution in [0.1, 0.15) is 47.7 Å². The number of nitrogen functional groups attached to an aromatic ring is 1. The number of pyridine rings is 1. The maximum Gasteiger partial charge on any atom is 0.250 e. The van der Waals surface area contributed by atoms with Crippen LogP contribution in [0.15, 0.2) is 30.5 Å². The highest BCUT2D eigenvalue weighted by Gasteiger charge is 2.11. The van der Waals surface area contributed by atoms with Crippen LogP contribution in [0.2, 0.25) is 0 Å². The summed E-state index contributed by atoms with van der Waals surface area (Å²) >= 11 is 0. The van der Waals surface area contributed by atoms with Crippen molar-refractivity contribution in [1.29, 1.82) is 0 Å². The number of carbonyl (C=O) groups excluding carboxylic acids is 1. The number of anilines is 1. The van der Waals surface area contributed by atoms with Gasteiger partial charge in [-0.05, 0) is 49.1 Å². The smallest absolute Gasteiger partial charge is 0.250 e. The number of nitrogens with two attached hydrogens (primary N) is 2. The Morgan fingerprint density at radius 1 is 1.22 bits per heavy atom. The molecule has 4 N–H and O–H groups in total. The van der Waals surface area contributed by atoms with Gasteiger partial charge in [0.05, 0.1) is 5.56 Å². The zero-order valence-corrected chi connectivity index (χ0v) is 13.6. The van der Waals surface area contributed by atoms with Crippen molar-refractivity contribution >= 4 is 11.6 Å². The average molecular weight is 313 g/mol. The van der Waals surface area contributed by atoms with Gasteiger partial charge in [-0.25, -0.2) is 4.98 Å². The van der Waals surface area contributed by atoms with Gasteiger partial charge in [-0.15, -0.1) is 0 Å². The first-order valence-electron chi connectivity index (χ1n) is 7.84. The maximum absolute atomic E-state index is 11.1. The fourth-order valence-electron chi connectivity index (χ4n) is 2.41. The standard InChI is InChI=1S/C18H23N3O2/c1-3-4-5-6-14-12(2)15(19)8-9-16(14)23-17-10-7-13(11-21-17)18(20)22/h7-11H,3-6,19H2,1-2H3,(H2,20,22). The molecule has 1 amide bonds. The van der Waals surface area contributed by atoms with E-state index in [1.54, 1.807) is 12.1 Å². The molecule has 0 aliphatic heterocycles. The minimum atomic E-state index is -0.507. The zero-order valence-electron chi connectivity index (χ0n) is 13.6. The van der Waals surface area contributed by atoms with Gasteiger partial charge in [0.2, 0.25) is 11.8 Å². The third-order valence-electron chi connectivity index (χ3n) is 3.86. The van der Waals surface area contributed by atoms with Crippen molar-refractivity contribution in [3.63, 3.8) is 0 Å². The van der Waals surface area contributed by atoms with Gasteiger partial charge in [0.25, 0.3) is 0 Å². The lowest BCUT2D eigenvalue weighted by molar-refractivity contribution is 0.1000. The topological polar surface area (TPSA) is 91.2 Å². The van der Waals surface area contributed by atoms with Crippen LogP contribution >= 0.6 is 0 Å². The van der Waals surface area contributed by atoms with Crippen LogP contribution in [0.25, 0.3) is 0 Å². The summed E-state index contributed by atoms with van der Waals surface area (Å²) in [6.45, 7) is 4.18. The fourth-order valence-corrected chi connectivity index (χ4v) is 2.41. The van der Waals surface area contributed by atoms with Gasteiger partial charge in [0.1, 0.15) is 5.75 Å². The predicted octanol–water partition coefficient (Wildman–Crippen LogP) is 3.60. The van der Waals surface area contributed by atoms with Crippen molar-refractivity contribution in [1.82, 2.24) is 4.98 Å². The Labute approximate surface area is 136 Å². The SMILES string of the molecule is CCCCCc1c(Oc2ccc(C(N)=O)cn2)ccc(N)c1C. The van der Waals surface area contributed by atoms with E-state index in [2.05, 4.69) is 11.9 Å². The first-order chi connectivity index (χ1) is 11.0. The molecule has 1 aromatic carbocycles. The van der Waals surface area contributed by atoms with Gasteiger partial charge in [-0.1, -0.05) is 19.8 Å². The molecule has 0 aliphatic carbocycles. The number of hydrogen-bond acceptors (Lipinski definition) is 4. The Bertz CT molecular complexity index is 681. The molecule has 23 heavy (non-hydrogen) atoms. The van der Waals surface area contributed by atoms with Crippen LogP contribution in [0.4, 0.5) is 5.69 Å². The molecule has 0 atom stereocenters. The summed E-state index contributed by atoms with van der Waals surface area (Å²) in [6.07, 6.45) is 5.75. The quantitative estimate of drug-likeness (QED) is 0.603. The lowest BCUT2D eigenvalue weighted by Gasteiger charge is -2.15. The van der Waals surface area contributed by atoms with Crippen LogP contribution in [-0.2, 0) is 6.42 Å². The Morgan fingerprint density at radius 2 is 2.00 bits per heavy atom. The molecule has 5 nitrogen and oxygen atoms in total. The number of benzene rings is 1. The summed E-state index contributed by atoms with van der Waals surface area (Å²) in [4.78, 5) is 15.2. The number of ether oxygens (including phenoxy) is 1. The van der Waals surface area contributed by atoms with Crippen LogP contribution < -0.4 is 16.2 Å². The summed E-state index contributed by atoms with van der Waals surface area (Å²) < 4.78 is 5.89. The van der Waals surface area contributed by atoms with E-state index in [4.69, 9.17) is 16.2 Å². The molecule has 5 heteroatoms. The second-order valence-corrected chi connectivity index (χ2v) is 5.57. The highest BCUT2D eigenvalue weighted by atomic mass is 16.5. The molecule has 0 radical (unpaired) electrons. The van der Waals surface area contributed by atoms with Gasteiger partial charge in [-0.3, -0.25) is 4.79 Å². The van der Waals surface area contributed by atoms with Gasteiger partial charge >= 0.3 is 0 Å². The number of aromatic nitrogens is 1. The lowest BCUT2D eigenvalue weighted by Crippen LogP contribution is -2.11. The maximum atomic E-state index is 11.1. The van der Waals surface area contributed by atoms with E-state index >= 15 is 0 Å². The number of amides is 1. The van der Waals surface area contributed by atoms with E-state index < -0.39 is 5.91 Å². The third kappa shape index (κ3) is 4.22. The molecule has 2 rings (SSSR count). The molecule has 0 unspecified atom stereocenters. The van der Waals surface area contributed by atoms with Gasteiger partial charge in [0.15, 0.2) is 0 Å². The number of carbonyl (C=O) groups is 1. The summed E-state index contributed by atoms with van der Waals surface area (Å²) in [6, 6.07) is 6.95. The lowest BCUT2D eigenvalue weighted by atomic mass is 9.99. The normalized spacial score (nSPS) is 10.5. The summed E-state index contributed by atoms with van der Waals surface area (Å²) in [5, 5.41) is 0. The Hall–Kier alpha value is -2.56. The van der Waals surface area contributed by atoms with Crippen molar-refractivity contribution < 1.29 is 9.53 Å². The van der Waals surface area contributed by atoms with Gasteiger partial charge in [-0.2, -0.15) is 0 Å². The Balaban J connectivity index is 2.24. The van der Waals surface area contributed by atoms with Crippen molar-refractivity contribution in [3.8, 4) is 11.6 Å². The van der Waals surface area contributed by atoms with Crippen molar-refractivity contribution in [2.75, 3.05) is 5.73 Å². The minimum Gasteiger partial charge on any atom is -0.439 e. The Kier molecular flexibility index (Phi) is 5.57. The summed E-state index contributed by atoms with van der Waals surface area (Å²) in [5.74, 6) is 0.677.